The van der Waals surface area contributed by atoms with Gasteiger partial charge in [-0.05, 0) is 17.7 Å². The lowest BCUT2D eigenvalue weighted by Gasteiger charge is -2.29. The molecule has 1 aliphatic rings. The minimum atomic E-state index is 0.191. The molecule has 1 aromatic carbocycles. The zero-order valence-electron chi connectivity index (χ0n) is 14.0. The van der Waals surface area contributed by atoms with Crippen LogP contribution in [0.15, 0.2) is 43.0 Å². The maximum atomic E-state index is 9.34. The van der Waals surface area contributed by atoms with Crippen LogP contribution in [-0.2, 0) is 11.3 Å². The molecule has 1 saturated heterocycles. The van der Waals surface area contributed by atoms with Gasteiger partial charge in [0.2, 0.25) is 0 Å². The lowest BCUT2D eigenvalue weighted by atomic mass is 10.2. The quantitative estimate of drug-likeness (QED) is 0.783. The van der Waals surface area contributed by atoms with Crippen LogP contribution in [0.1, 0.15) is 5.56 Å². The summed E-state index contributed by atoms with van der Waals surface area (Å²) in [6, 6.07) is 8.51. The van der Waals surface area contributed by atoms with Gasteiger partial charge in [0.25, 0.3) is 0 Å². The fourth-order valence-electron chi connectivity index (χ4n) is 2.96. The van der Waals surface area contributed by atoms with Gasteiger partial charge in [-0.3, -0.25) is 9.80 Å². The first-order chi connectivity index (χ1) is 11.8. The lowest BCUT2D eigenvalue weighted by molar-refractivity contribution is 0.0320. The number of benzene rings is 1. The van der Waals surface area contributed by atoms with Crippen LogP contribution in [-0.4, -0.2) is 77.0 Å². The number of rotatable bonds is 8. The van der Waals surface area contributed by atoms with Crippen molar-refractivity contribution in [2.75, 3.05) is 52.5 Å². The topological polar surface area (TPSA) is 53.8 Å². The van der Waals surface area contributed by atoms with E-state index < -0.39 is 0 Å². The molecule has 0 radical (unpaired) electrons. The molecule has 0 aliphatic carbocycles. The predicted molar refractivity (Wildman–Crippen MR) is 93.2 cm³/mol. The number of nitrogens with zero attached hydrogens (tertiary/aromatic N) is 4. The van der Waals surface area contributed by atoms with Crippen LogP contribution in [0.2, 0.25) is 0 Å². The van der Waals surface area contributed by atoms with Crippen LogP contribution in [0, 0.1) is 0 Å². The Hall–Kier alpha value is -1.73. The number of hydrogen-bond donors (Lipinski definition) is 1. The number of morpholine rings is 1. The van der Waals surface area contributed by atoms with Gasteiger partial charge in [0.15, 0.2) is 0 Å². The van der Waals surface area contributed by atoms with Crippen LogP contribution in [0.3, 0.4) is 0 Å². The summed E-state index contributed by atoms with van der Waals surface area (Å²) in [7, 11) is 0. The monoisotopic (exact) mass is 330 g/mol. The van der Waals surface area contributed by atoms with Gasteiger partial charge in [-0.2, -0.15) is 0 Å². The first-order valence-corrected chi connectivity index (χ1v) is 8.56. The van der Waals surface area contributed by atoms with Crippen LogP contribution in [0.5, 0.6) is 0 Å². The van der Waals surface area contributed by atoms with Gasteiger partial charge in [0.1, 0.15) is 0 Å². The summed E-state index contributed by atoms with van der Waals surface area (Å²) in [6.45, 7) is 7.41. The minimum absolute atomic E-state index is 0.191. The third kappa shape index (κ3) is 4.88. The van der Waals surface area contributed by atoms with Gasteiger partial charge < -0.3 is 14.4 Å². The van der Waals surface area contributed by atoms with Crippen molar-refractivity contribution >= 4 is 0 Å². The maximum absolute atomic E-state index is 9.34. The zero-order valence-corrected chi connectivity index (χ0v) is 14.0. The molecule has 2 aromatic rings. The lowest BCUT2D eigenvalue weighted by Crippen LogP contribution is -2.41. The number of aliphatic hydroxyl groups excluding tert-OH is 1. The molecule has 130 valence electrons. The summed E-state index contributed by atoms with van der Waals surface area (Å²) < 4.78 is 7.38. The van der Waals surface area contributed by atoms with Gasteiger partial charge in [-0.25, -0.2) is 4.98 Å². The molecule has 1 aromatic heterocycles. The van der Waals surface area contributed by atoms with Crippen molar-refractivity contribution in [2.45, 2.75) is 6.54 Å². The van der Waals surface area contributed by atoms with E-state index in [1.807, 2.05) is 10.8 Å². The highest BCUT2D eigenvalue weighted by Crippen LogP contribution is 2.11. The second kappa shape index (κ2) is 8.94. The Morgan fingerprint density at radius 3 is 2.58 bits per heavy atom. The Morgan fingerprint density at radius 1 is 1.12 bits per heavy atom. The summed E-state index contributed by atoms with van der Waals surface area (Å²) in [4.78, 5) is 8.81. The van der Waals surface area contributed by atoms with E-state index >= 15 is 0 Å². The van der Waals surface area contributed by atoms with Crippen molar-refractivity contribution in [3.8, 4) is 5.69 Å². The molecule has 2 heterocycles. The number of aromatic nitrogens is 2. The molecule has 3 rings (SSSR count). The summed E-state index contributed by atoms with van der Waals surface area (Å²) >= 11 is 0. The maximum Gasteiger partial charge on any atom is 0.0991 e. The van der Waals surface area contributed by atoms with Crippen LogP contribution < -0.4 is 0 Å². The second-order valence-electron chi connectivity index (χ2n) is 6.09. The predicted octanol–water partition coefficient (Wildman–Crippen LogP) is 0.999. The zero-order chi connectivity index (χ0) is 16.6. The summed E-state index contributed by atoms with van der Waals surface area (Å²) in [5, 5.41) is 9.34. The smallest absolute Gasteiger partial charge is 0.0991 e. The van der Waals surface area contributed by atoms with E-state index in [0.717, 1.165) is 51.6 Å². The van der Waals surface area contributed by atoms with E-state index in [9.17, 15) is 5.11 Å². The Labute approximate surface area is 143 Å². The Bertz CT molecular complexity index is 580. The van der Waals surface area contributed by atoms with Crippen molar-refractivity contribution < 1.29 is 9.84 Å². The molecule has 24 heavy (non-hydrogen) atoms. The molecular weight excluding hydrogens is 304 g/mol. The Kier molecular flexibility index (Phi) is 6.37. The van der Waals surface area contributed by atoms with Gasteiger partial charge in [-0.15, -0.1) is 0 Å². The molecule has 1 fully saturated rings. The van der Waals surface area contributed by atoms with Crippen molar-refractivity contribution in [3.05, 3.63) is 48.5 Å². The van der Waals surface area contributed by atoms with E-state index in [1.165, 1.54) is 5.56 Å². The van der Waals surface area contributed by atoms with Crippen molar-refractivity contribution in [2.24, 2.45) is 0 Å². The second-order valence-corrected chi connectivity index (χ2v) is 6.09. The molecule has 0 amide bonds. The van der Waals surface area contributed by atoms with E-state index in [-0.39, 0.29) is 6.61 Å². The highest BCUT2D eigenvalue weighted by molar-refractivity contribution is 5.34. The average Bonchev–Trinajstić information content (AvgIpc) is 3.16. The molecule has 1 N–H and O–H groups in total. The first kappa shape index (κ1) is 17.1. The molecule has 0 saturated carbocycles. The molecule has 6 heteroatoms. The van der Waals surface area contributed by atoms with E-state index in [1.54, 1.807) is 12.5 Å². The summed E-state index contributed by atoms with van der Waals surface area (Å²) in [5.41, 5.74) is 2.37. The third-order valence-electron chi connectivity index (χ3n) is 4.40. The SMILES string of the molecule is OCCN(CCN1CCOCC1)Cc1ccc(-n2ccnc2)cc1. The average molecular weight is 330 g/mol. The number of ether oxygens (including phenoxy) is 1. The first-order valence-electron chi connectivity index (χ1n) is 8.56. The molecule has 0 bridgehead atoms. The van der Waals surface area contributed by atoms with Crippen LogP contribution in [0.25, 0.3) is 5.69 Å². The third-order valence-corrected chi connectivity index (χ3v) is 4.40. The highest BCUT2D eigenvalue weighted by atomic mass is 16.5. The molecule has 0 atom stereocenters. The largest absolute Gasteiger partial charge is 0.395 e. The van der Waals surface area contributed by atoms with Crippen molar-refractivity contribution in [3.63, 3.8) is 0 Å². The van der Waals surface area contributed by atoms with Crippen LogP contribution >= 0.6 is 0 Å². The molecule has 1 aliphatic heterocycles. The number of imidazole rings is 1. The highest BCUT2D eigenvalue weighted by Gasteiger charge is 2.12. The van der Waals surface area contributed by atoms with Crippen LogP contribution in [0.4, 0.5) is 0 Å². The molecule has 6 nitrogen and oxygen atoms in total. The fraction of sp³-hybridized carbons (Fsp3) is 0.500. The summed E-state index contributed by atoms with van der Waals surface area (Å²) in [5.74, 6) is 0. The van der Waals surface area contributed by atoms with Crippen molar-refractivity contribution in [1.82, 2.24) is 19.4 Å². The van der Waals surface area contributed by atoms with Gasteiger partial charge >= 0.3 is 0 Å². The Morgan fingerprint density at radius 2 is 1.92 bits per heavy atom. The number of hydrogen-bond acceptors (Lipinski definition) is 5. The van der Waals surface area contributed by atoms with E-state index in [0.29, 0.717) is 6.54 Å². The van der Waals surface area contributed by atoms with Gasteiger partial charge in [0.05, 0.1) is 26.1 Å². The van der Waals surface area contributed by atoms with Gasteiger partial charge in [0, 0.05) is 57.3 Å². The Balaban J connectivity index is 1.54. The molecule has 0 spiro atoms. The molecular formula is C18H26N4O2. The molecule has 0 unspecified atom stereocenters. The fourth-order valence-corrected chi connectivity index (χ4v) is 2.96. The minimum Gasteiger partial charge on any atom is -0.395 e. The van der Waals surface area contributed by atoms with E-state index in [4.69, 9.17) is 4.74 Å². The summed E-state index contributed by atoms with van der Waals surface area (Å²) in [6.07, 6.45) is 5.52. The standard InChI is InChI=1S/C18H26N4O2/c23-12-9-21(8-7-20-10-13-24-14-11-20)15-17-1-3-18(4-2-17)22-6-5-19-16-22/h1-6,16,23H,7-15H2. The van der Waals surface area contributed by atoms with Crippen molar-refractivity contribution in [1.29, 1.82) is 0 Å². The normalized spacial score (nSPS) is 15.9. The number of aliphatic hydroxyl groups is 1. The van der Waals surface area contributed by atoms with Gasteiger partial charge in [-0.1, -0.05) is 12.1 Å². The van der Waals surface area contributed by atoms with E-state index in [2.05, 4.69) is 39.0 Å².